The summed E-state index contributed by atoms with van der Waals surface area (Å²) < 4.78 is 23.1. The molecule has 0 unspecified atom stereocenters. The molecule has 0 bridgehead atoms. The molecule has 226 valence electrons. The van der Waals surface area contributed by atoms with E-state index in [1.54, 1.807) is 48.3 Å². The molecule has 10 nitrogen and oxygen atoms in total. The summed E-state index contributed by atoms with van der Waals surface area (Å²) in [6.45, 7) is 14.3. The number of aliphatic imine (C=N–C) groups is 2. The summed E-state index contributed by atoms with van der Waals surface area (Å²) in [7, 11) is 3.11. The van der Waals surface area contributed by atoms with Crippen LogP contribution >= 0.6 is 0 Å². The van der Waals surface area contributed by atoms with Crippen molar-refractivity contribution in [2.45, 2.75) is 38.1 Å². The van der Waals surface area contributed by atoms with Gasteiger partial charge >= 0.3 is 0 Å². The van der Waals surface area contributed by atoms with Gasteiger partial charge in [0.05, 0.1) is 56.0 Å². The van der Waals surface area contributed by atoms with Gasteiger partial charge < -0.3 is 28.7 Å². The van der Waals surface area contributed by atoms with Gasteiger partial charge in [-0.1, -0.05) is 24.3 Å². The van der Waals surface area contributed by atoms with Crippen LogP contribution in [0.4, 0.5) is 11.4 Å². The van der Waals surface area contributed by atoms with Gasteiger partial charge in [-0.05, 0) is 51.0 Å². The summed E-state index contributed by atoms with van der Waals surface area (Å²) >= 11 is 0. The molecule has 0 N–H and O–H groups in total. The Bertz CT molecular complexity index is 1480. The molecule has 0 aliphatic carbocycles. The molecule has 1 atom stereocenters. The number of carbonyl (C=O) groups is 2. The van der Waals surface area contributed by atoms with E-state index in [1.807, 2.05) is 6.21 Å². The molecule has 0 saturated carbocycles. The van der Waals surface area contributed by atoms with Gasteiger partial charge in [0.2, 0.25) is 0 Å². The van der Waals surface area contributed by atoms with Gasteiger partial charge in [-0.15, -0.1) is 0 Å². The van der Waals surface area contributed by atoms with E-state index in [9.17, 15) is 9.59 Å². The van der Waals surface area contributed by atoms with Gasteiger partial charge in [0.15, 0.2) is 23.0 Å². The summed E-state index contributed by atoms with van der Waals surface area (Å²) in [5.41, 5.74) is 4.03. The van der Waals surface area contributed by atoms with Gasteiger partial charge in [0, 0.05) is 38.0 Å². The topological polar surface area (TPSA) is 102 Å². The summed E-state index contributed by atoms with van der Waals surface area (Å²) in [6, 6.07) is 6.78. The molecule has 2 saturated heterocycles. The molecule has 5 rings (SSSR count). The van der Waals surface area contributed by atoms with Crippen LogP contribution in [0.1, 0.15) is 52.8 Å². The second-order valence-corrected chi connectivity index (χ2v) is 10.9. The fourth-order valence-electron chi connectivity index (χ4n) is 5.54. The number of ether oxygens (including phenoxy) is 4. The molecule has 2 amide bonds. The maximum atomic E-state index is 13.2. The third-order valence-electron chi connectivity index (χ3n) is 7.87. The minimum absolute atomic E-state index is 0.0687. The summed E-state index contributed by atoms with van der Waals surface area (Å²) in [5, 5.41) is 0. The van der Waals surface area contributed by atoms with Crippen LogP contribution in [0, 0.1) is 0 Å². The van der Waals surface area contributed by atoms with Crippen LogP contribution in [0.15, 0.2) is 58.6 Å². The number of rotatable bonds is 12. The lowest BCUT2D eigenvalue weighted by molar-refractivity contribution is 0.0775. The summed E-state index contributed by atoms with van der Waals surface area (Å²) in [6.07, 6.45) is 5.77. The Labute approximate surface area is 252 Å². The Balaban J connectivity index is 1.13. The van der Waals surface area contributed by atoms with E-state index in [4.69, 9.17) is 18.9 Å². The molecular weight excluding hydrogens is 548 g/mol. The smallest absolute Gasteiger partial charge is 0.257 e. The normalized spacial score (nSPS) is 17.4. The van der Waals surface area contributed by atoms with E-state index in [1.165, 1.54) is 0 Å². The number of methoxy groups -OCH3 is 2. The second-order valence-electron chi connectivity index (χ2n) is 10.9. The lowest BCUT2D eigenvalue weighted by atomic mass is 10.1. The highest BCUT2D eigenvalue weighted by Crippen LogP contribution is 2.39. The highest BCUT2D eigenvalue weighted by atomic mass is 16.5. The molecule has 43 heavy (non-hydrogen) atoms. The monoisotopic (exact) mass is 586 g/mol. The van der Waals surface area contributed by atoms with Crippen LogP contribution in [0.25, 0.3) is 0 Å². The number of amides is 2. The van der Waals surface area contributed by atoms with Gasteiger partial charge in [0.1, 0.15) is 0 Å². The Morgan fingerprint density at radius 3 is 2.30 bits per heavy atom. The van der Waals surface area contributed by atoms with Crippen molar-refractivity contribution in [2.75, 3.05) is 47.1 Å². The number of fused-ring (bicyclic) bond motifs is 2. The first kappa shape index (κ1) is 29.9. The fourth-order valence-corrected chi connectivity index (χ4v) is 5.54. The van der Waals surface area contributed by atoms with Crippen LogP contribution in [0.3, 0.4) is 0 Å². The largest absolute Gasteiger partial charge is 0.493 e. The molecular formula is C33H38N4O6. The number of benzene rings is 2. The minimum atomic E-state index is -0.123. The first-order valence-electron chi connectivity index (χ1n) is 14.5. The summed E-state index contributed by atoms with van der Waals surface area (Å²) in [4.78, 5) is 38.4. The molecule has 0 spiro atoms. The van der Waals surface area contributed by atoms with Crippen molar-refractivity contribution in [3.05, 3.63) is 59.7 Å². The Morgan fingerprint density at radius 2 is 1.65 bits per heavy atom. The lowest BCUT2D eigenvalue weighted by Gasteiger charge is -2.20. The number of hydrogen-bond acceptors (Lipinski definition) is 8. The fraction of sp³-hybridized carbons (Fsp3) is 0.394. The maximum Gasteiger partial charge on any atom is 0.257 e. The van der Waals surface area contributed by atoms with Crippen LogP contribution in [-0.2, 0) is 0 Å². The van der Waals surface area contributed by atoms with E-state index in [2.05, 4.69) is 29.9 Å². The quantitative estimate of drug-likeness (QED) is 0.184. The predicted octanol–water partition coefficient (Wildman–Crippen LogP) is 5.55. The summed E-state index contributed by atoms with van der Waals surface area (Å²) in [5.74, 6) is 1.83. The highest BCUT2D eigenvalue weighted by Gasteiger charge is 2.34. The van der Waals surface area contributed by atoms with Gasteiger partial charge in [-0.2, -0.15) is 0 Å². The Kier molecular flexibility index (Phi) is 9.13. The number of nitrogens with zero attached hydrogens (tertiary/aromatic N) is 4. The second kappa shape index (κ2) is 13.1. The van der Waals surface area contributed by atoms with Crippen molar-refractivity contribution in [3.63, 3.8) is 0 Å². The molecule has 3 aliphatic heterocycles. The third-order valence-corrected chi connectivity index (χ3v) is 7.87. The van der Waals surface area contributed by atoms with E-state index >= 15 is 0 Å². The predicted molar refractivity (Wildman–Crippen MR) is 166 cm³/mol. The highest BCUT2D eigenvalue weighted by molar-refractivity contribution is 6.04. The Hall–Kier alpha value is -4.60. The SMILES string of the molecule is C=Nc1cc(OCCCCCOc2cc3c(cc2OC)C(=O)N2CC(=C)C[C@H]2C=N3)c(OC)cc1C(=O)N1CCC(=C)C1. The van der Waals surface area contributed by atoms with Gasteiger partial charge in [0.25, 0.3) is 11.8 Å². The van der Waals surface area contributed by atoms with E-state index in [0.29, 0.717) is 78.3 Å². The number of likely N-dealkylation sites (tertiary alicyclic amines) is 1. The van der Waals surface area contributed by atoms with Crippen molar-refractivity contribution in [2.24, 2.45) is 9.98 Å². The third kappa shape index (κ3) is 6.43. The molecule has 0 radical (unpaired) electrons. The molecule has 0 aromatic heterocycles. The van der Waals surface area contributed by atoms with E-state index in [0.717, 1.165) is 43.3 Å². The zero-order valence-corrected chi connectivity index (χ0v) is 24.9. The van der Waals surface area contributed by atoms with Gasteiger partial charge in [-0.25, -0.2) is 0 Å². The number of carbonyl (C=O) groups excluding carboxylic acids is 2. The van der Waals surface area contributed by atoms with Crippen LogP contribution in [-0.4, -0.2) is 87.7 Å². The van der Waals surface area contributed by atoms with Crippen molar-refractivity contribution >= 4 is 36.1 Å². The number of hydrogen-bond donors (Lipinski definition) is 0. The molecule has 2 aromatic rings. The van der Waals surface area contributed by atoms with Crippen LogP contribution in [0.2, 0.25) is 0 Å². The van der Waals surface area contributed by atoms with Gasteiger partial charge in [-0.3, -0.25) is 19.6 Å². The maximum absolute atomic E-state index is 13.2. The van der Waals surface area contributed by atoms with Crippen molar-refractivity contribution in [1.82, 2.24) is 9.80 Å². The first-order chi connectivity index (χ1) is 20.8. The molecule has 3 heterocycles. The molecule has 2 aromatic carbocycles. The molecule has 2 fully saturated rings. The van der Waals surface area contributed by atoms with Crippen molar-refractivity contribution in [1.29, 1.82) is 0 Å². The first-order valence-corrected chi connectivity index (χ1v) is 14.5. The number of unbranched alkanes of at least 4 members (excludes halogenated alkanes) is 2. The van der Waals surface area contributed by atoms with Crippen molar-refractivity contribution < 1.29 is 28.5 Å². The zero-order valence-electron chi connectivity index (χ0n) is 24.9. The molecule has 3 aliphatic rings. The van der Waals surface area contributed by atoms with Crippen molar-refractivity contribution in [3.8, 4) is 23.0 Å². The zero-order chi connectivity index (χ0) is 30.5. The molecule has 10 heteroatoms. The van der Waals surface area contributed by atoms with E-state index < -0.39 is 0 Å². The Morgan fingerprint density at radius 1 is 0.953 bits per heavy atom. The standard InChI is InChI=1S/C33H38N4O6/c1-21-9-10-36(19-21)32(38)24-14-28(40-4)30(16-26(24)34-3)42-11-7-6-8-12-43-31-17-27-25(15-29(31)41-5)33(39)37-20-22(2)13-23(37)18-35-27/h14-18,23H,1-3,6-13,19-20H2,4-5H3/t23-/m0/s1. The lowest BCUT2D eigenvalue weighted by Crippen LogP contribution is -2.35. The van der Waals surface area contributed by atoms with Crippen LogP contribution in [0.5, 0.6) is 23.0 Å². The van der Waals surface area contributed by atoms with Crippen LogP contribution < -0.4 is 18.9 Å². The van der Waals surface area contributed by atoms with E-state index in [-0.39, 0.29) is 17.9 Å². The average Bonchev–Trinajstić information content (AvgIpc) is 3.60. The average molecular weight is 587 g/mol. The minimum Gasteiger partial charge on any atom is -0.493 e.